The summed E-state index contributed by atoms with van der Waals surface area (Å²) in [6.45, 7) is 0.139. The van der Waals surface area contributed by atoms with E-state index in [0.717, 1.165) is 4.70 Å². The maximum absolute atomic E-state index is 12.4. The Kier molecular flexibility index (Phi) is 4.40. The number of nitrogens with zero attached hydrogens (tertiary/aromatic N) is 2. The number of aromatic nitrogens is 3. The van der Waals surface area contributed by atoms with E-state index in [1.807, 2.05) is 0 Å². The molecule has 144 valence electrons. The van der Waals surface area contributed by atoms with Gasteiger partial charge < -0.3 is 10.5 Å². The van der Waals surface area contributed by atoms with Crippen molar-refractivity contribution in [3.05, 3.63) is 52.0 Å². The number of rotatable bonds is 4. The summed E-state index contributed by atoms with van der Waals surface area (Å²) in [5.74, 6) is -0.776. The first-order chi connectivity index (χ1) is 13.4. The van der Waals surface area contributed by atoms with Crippen LogP contribution in [0, 0.1) is 0 Å². The standard InChI is InChI=1S/C17H11F3N4O3S/c18-17(19,20)26-10-3-1-8(2-4-10)11-5-9(6-21)12(14-13(11)22-7-28-14)15-23-16(25)27-24-15/h1-5,7H,6,21H2,(H,23,24,25). The number of nitrogens with one attached hydrogen (secondary N) is 1. The van der Waals surface area contributed by atoms with E-state index >= 15 is 0 Å². The summed E-state index contributed by atoms with van der Waals surface area (Å²) in [7, 11) is 0. The molecule has 0 atom stereocenters. The molecule has 4 aromatic rings. The summed E-state index contributed by atoms with van der Waals surface area (Å²) in [6, 6.07) is 7.24. The second-order valence-corrected chi connectivity index (χ2v) is 6.56. The van der Waals surface area contributed by atoms with Gasteiger partial charge in [0.1, 0.15) is 5.75 Å². The summed E-state index contributed by atoms with van der Waals surface area (Å²) >= 11 is 1.32. The minimum atomic E-state index is -4.76. The highest BCUT2D eigenvalue weighted by atomic mass is 32.1. The summed E-state index contributed by atoms with van der Waals surface area (Å²) in [5, 5.41) is 3.73. The van der Waals surface area contributed by atoms with Crippen LogP contribution in [0.5, 0.6) is 5.75 Å². The van der Waals surface area contributed by atoms with Crippen LogP contribution in [0.1, 0.15) is 5.56 Å². The SMILES string of the molecule is NCc1cc(-c2ccc(OC(F)(F)F)cc2)c2ncsc2c1-c1noc(=O)[nH]1. The predicted molar refractivity (Wildman–Crippen MR) is 95.7 cm³/mol. The number of hydrogen-bond donors (Lipinski definition) is 2. The zero-order valence-electron chi connectivity index (χ0n) is 13.9. The van der Waals surface area contributed by atoms with E-state index in [4.69, 9.17) is 5.73 Å². The van der Waals surface area contributed by atoms with Crippen LogP contribution in [0.2, 0.25) is 0 Å². The molecule has 0 fully saturated rings. The van der Waals surface area contributed by atoms with Crippen molar-refractivity contribution in [3.8, 4) is 28.3 Å². The van der Waals surface area contributed by atoms with Crippen molar-refractivity contribution in [2.75, 3.05) is 0 Å². The Morgan fingerprint density at radius 2 is 2.00 bits per heavy atom. The monoisotopic (exact) mass is 408 g/mol. The molecule has 0 aliphatic rings. The lowest BCUT2D eigenvalue weighted by molar-refractivity contribution is -0.274. The molecular weight excluding hydrogens is 397 g/mol. The highest BCUT2D eigenvalue weighted by molar-refractivity contribution is 7.17. The molecule has 2 aromatic heterocycles. The highest BCUT2D eigenvalue weighted by Crippen LogP contribution is 2.39. The minimum absolute atomic E-state index is 0.139. The fraction of sp³-hybridized carbons (Fsp3) is 0.118. The fourth-order valence-corrected chi connectivity index (χ4v) is 3.77. The van der Waals surface area contributed by atoms with Crippen molar-refractivity contribution < 1.29 is 22.4 Å². The number of hydrogen-bond acceptors (Lipinski definition) is 7. The number of alkyl halides is 3. The van der Waals surface area contributed by atoms with Crippen LogP contribution in [-0.2, 0) is 6.54 Å². The normalized spacial score (nSPS) is 11.9. The van der Waals surface area contributed by atoms with Crippen molar-refractivity contribution in [1.82, 2.24) is 15.1 Å². The number of H-pyrrole nitrogens is 1. The van der Waals surface area contributed by atoms with Crippen LogP contribution in [0.15, 0.2) is 45.2 Å². The average molecular weight is 408 g/mol. The average Bonchev–Trinajstić information content (AvgIpc) is 3.29. The van der Waals surface area contributed by atoms with Crippen LogP contribution in [0.4, 0.5) is 13.2 Å². The molecule has 11 heteroatoms. The van der Waals surface area contributed by atoms with Gasteiger partial charge in [0, 0.05) is 17.7 Å². The summed E-state index contributed by atoms with van der Waals surface area (Å²) in [5.41, 5.74) is 10.7. The van der Waals surface area contributed by atoms with Crippen LogP contribution >= 0.6 is 11.3 Å². The van der Waals surface area contributed by atoms with Gasteiger partial charge in [-0.1, -0.05) is 17.3 Å². The lowest BCUT2D eigenvalue weighted by Crippen LogP contribution is -2.16. The molecule has 0 bridgehead atoms. The number of ether oxygens (including phenoxy) is 1. The molecule has 4 rings (SSSR count). The van der Waals surface area contributed by atoms with Gasteiger partial charge in [0.25, 0.3) is 0 Å². The lowest BCUT2D eigenvalue weighted by Gasteiger charge is -2.12. The number of thiazole rings is 1. The van der Waals surface area contributed by atoms with E-state index in [1.165, 1.54) is 35.6 Å². The Bertz CT molecular complexity index is 1200. The molecule has 0 saturated carbocycles. The third-order valence-electron chi connectivity index (χ3n) is 3.99. The number of benzene rings is 2. The number of fused-ring (bicyclic) bond motifs is 1. The van der Waals surface area contributed by atoms with E-state index in [2.05, 4.69) is 24.4 Å². The van der Waals surface area contributed by atoms with Crippen molar-refractivity contribution in [2.45, 2.75) is 12.9 Å². The maximum atomic E-state index is 12.4. The summed E-state index contributed by atoms with van der Waals surface area (Å²) < 4.78 is 46.3. The van der Waals surface area contributed by atoms with Gasteiger partial charge in [-0.3, -0.25) is 9.51 Å². The Balaban J connectivity index is 1.85. The largest absolute Gasteiger partial charge is 0.573 e. The smallest absolute Gasteiger partial charge is 0.406 e. The van der Waals surface area contributed by atoms with Crippen LogP contribution in [0.3, 0.4) is 0 Å². The summed E-state index contributed by atoms with van der Waals surface area (Å²) in [6.07, 6.45) is -4.76. The first kappa shape index (κ1) is 18.2. The zero-order valence-corrected chi connectivity index (χ0v) is 14.7. The molecule has 28 heavy (non-hydrogen) atoms. The number of halogens is 3. The van der Waals surface area contributed by atoms with Crippen LogP contribution in [-0.4, -0.2) is 21.5 Å². The first-order valence-corrected chi connectivity index (χ1v) is 8.75. The second kappa shape index (κ2) is 6.77. The molecule has 0 spiro atoms. The predicted octanol–water partition coefficient (Wildman–Crippen LogP) is 3.66. The van der Waals surface area contributed by atoms with Crippen LogP contribution in [0.25, 0.3) is 32.7 Å². The molecule has 0 amide bonds. The molecule has 7 nitrogen and oxygen atoms in total. The molecule has 0 radical (unpaired) electrons. The Morgan fingerprint density at radius 1 is 1.25 bits per heavy atom. The van der Waals surface area contributed by atoms with Crippen molar-refractivity contribution >= 4 is 21.6 Å². The second-order valence-electron chi connectivity index (χ2n) is 5.71. The van der Waals surface area contributed by atoms with E-state index in [-0.39, 0.29) is 18.1 Å². The zero-order chi connectivity index (χ0) is 19.9. The van der Waals surface area contributed by atoms with E-state index in [0.29, 0.717) is 27.8 Å². The van der Waals surface area contributed by atoms with E-state index < -0.39 is 12.1 Å². The molecule has 0 unspecified atom stereocenters. The molecular formula is C17H11F3N4O3S. The van der Waals surface area contributed by atoms with Gasteiger partial charge in [0.05, 0.1) is 15.7 Å². The first-order valence-electron chi connectivity index (χ1n) is 7.87. The Labute approximate surface area is 158 Å². The van der Waals surface area contributed by atoms with Gasteiger partial charge in [-0.05, 0) is 29.3 Å². The number of nitrogens with two attached hydrogens (primary N) is 1. The van der Waals surface area contributed by atoms with E-state index in [1.54, 1.807) is 11.6 Å². The molecule has 0 aliphatic heterocycles. The lowest BCUT2D eigenvalue weighted by atomic mass is 9.97. The van der Waals surface area contributed by atoms with Crippen LogP contribution < -0.4 is 16.2 Å². The van der Waals surface area contributed by atoms with Gasteiger partial charge in [0.15, 0.2) is 5.82 Å². The van der Waals surface area contributed by atoms with Gasteiger partial charge in [-0.25, -0.2) is 9.78 Å². The fourth-order valence-electron chi connectivity index (χ4n) is 2.89. The molecule has 2 aromatic carbocycles. The summed E-state index contributed by atoms with van der Waals surface area (Å²) in [4.78, 5) is 18.2. The van der Waals surface area contributed by atoms with Gasteiger partial charge in [0.2, 0.25) is 0 Å². The Morgan fingerprint density at radius 3 is 2.61 bits per heavy atom. The third-order valence-corrected chi connectivity index (χ3v) is 4.83. The maximum Gasteiger partial charge on any atom is 0.573 e. The molecule has 2 heterocycles. The highest BCUT2D eigenvalue weighted by Gasteiger charge is 2.31. The van der Waals surface area contributed by atoms with Crippen molar-refractivity contribution in [2.24, 2.45) is 5.73 Å². The minimum Gasteiger partial charge on any atom is -0.406 e. The van der Waals surface area contributed by atoms with Gasteiger partial charge >= 0.3 is 12.1 Å². The number of aromatic amines is 1. The Hall–Kier alpha value is -3.18. The quantitative estimate of drug-likeness (QED) is 0.534. The van der Waals surface area contributed by atoms with Crippen molar-refractivity contribution in [1.29, 1.82) is 0 Å². The third kappa shape index (κ3) is 3.37. The van der Waals surface area contributed by atoms with Gasteiger partial charge in [-0.15, -0.1) is 24.5 Å². The molecule has 0 saturated heterocycles. The van der Waals surface area contributed by atoms with Gasteiger partial charge in [-0.2, -0.15) is 0 Å². The molecule has 0 aliphatic carbocycles. The topological polar surface area (TPSA) is 107 Å². The van der Waals surface area contributed by atoms with Crippen molar-refractivity contribution in [3.63, 3.8) is 0 Å². The molecule has 3 N–H and O–H groups in total. The van der Waals surface area contributed by atoms with E-state index in [9.17, 15) is 18.0 Å².